The lowest BCUT2D eigenvalue weighted by Crippen LogP contribution is -1.87. The third-order valence-corrected chi connectivity index (χ3v) is 4.37. The first-order valence-electron chi connectivity index (χ1n) is 4.97. The van der Waals surface area contributed by atoms with Crippen molar-refractivity contribution in [1.29, 1.82) is 5.26 Å². The molecule has 0 radical (unpaired) electrons. The summed E-state index contributed by atoms with van der Waals surface area (Å²) in [5.41, 5.74) is 0. The van der Waals surface area contributed by atoms with Crippen molar-refractivity contribution in [2.45, 2.75) is 39.0 Å². The van der Waals surface area contributed by atoms with Crippen LogP contribution >= 0.6 is 35.7 Å². The van der Waals surface area contributed by atoms with Crippen LogP contribution in [0.25, 0.3) is 0 Å². The first-order chi connectivity index (χ1) is 6.81. The minimum Gasteiger partial charge on any atom is -0.197 e. The van der Waals surface area contributed by atoms with Crippen LogP contribution in [0.2, 0.25) is 0 Å². The van der Waals surface area contributed by atoms with Crippen LogP contribution in [0.5, 0.6) is 0 Å². The zero-order valence-electron chi connectivity index (χ0n) is 8.62. The van der Waals surface area contributed by atoms with Gasteiger partial charge in [-0.3, -0.25) is 0 Å². The smallest absolute Gasteiger partial charge is 0.105 e. The van der Waals surface area contributed by atoms with Crippen LogP contribution in [0, 0.1) is 11.3 Å². The van der Waals surface area contributed by atoms with E-state index in [4.69, 9.17) is 17.5 Å². The molecule has 0 amide bonds. The van der Waals surface area contributed by atoms with Gasteiger partial charge in [0.2, 0.25) is 0 Å². The van der Waals surface area contributed by atoms with Crippen LogP contribution in [-0.2, 0) is 0 Å². The molecule has 0 aromatic carbocycles. The number of rotatable bonds is 7. The molecule has 0 bridgehead atoms. The number of nitrogens with zero attached hydrogens (tertiary/aromatic N) is 1. The van der Waals surface area contributed by atoms with Crippen molar-refractivity contribution >= 4 is 39.3 Å². The SMILES string of the molecule is CCCCCCCSC(=S)SCC#N. The van der Waals surface area contributed by atoms with Crippen molar-refractivity contribution in [3.05, 3.63) is 0 Å². The Balaban J connectivity index is 3.11. The van der Waals surface area contributed by atoms with Gasteiger partial charge in [0, 0.05) is 0 Å². The van der Waals surface area contributed by atoms with E-state index >= 15 is 0 Å². The van der Waals surface area contributed by atoms with Crippen molar-refractivity contribution in [3.8, 4) is 6.07 Å². The molecule has 0 spiro atoms. The lowest BCUT2D eigenvalue weighted by Gasteiger charge is -2.00. The second-order valence-electron chi connectivity index (χ2n) is 2.96. The maximum Gasteiger partial charge on any atom is 0.105 e. The van der Waals surface area contributed by atoms with Gasteiger partial charge in [0.25, 0.3) is 0 Å². The Morgan fingerprint density at radius 3 is 2.57 bits per heavy atom. The van der Waals surface area contributed by atoms with Crippen molar-refractivity contribution < 1.29 is 0 Å². The second kappa shape index (κ2) is 11.4. The summed E-state index contributed by atoms with van der Waals surface area (Å²) in [5.74, 6) is 1.60. The number of hydrogen-bond donors (Lipinski definition) is 0. The van der Waals surface area contributed by atoms with E-state index in [1.54, 1.807) is 11.8 Å². The maximum absolute atomic E-state index is 8.34. The van der Waals surface area contributed by atoms with Gasteiger partial charge in [-0.1, -0.05) is 56.6 Å². The van der Waals surface area contributed by atoms with E-state index in [2.05, 4.69) is 13.0 Å². The molecule has 0 rings (SSSR count). The van der Waals surface area contributed by atoms with Crippen LogP contribution in [0.1, 0.15) is 39.0 Å². The highest BCUT2D eigenvalue weighted by atomic mass is 32.2. The first kappa shape index (κ1) is 14.3. The molecule has 0 saturated carbocycles. The van der Waals surface area contributed by atoms with Crippen molar-refractivity contribution in [3.63, 3.8) is 0 Å². The Morgan fingerprint density at radius 2 is 1.93 bits per heavy atom. The molecule has 0 aromatic rings. The summed E-state index contributed by atoms with van der Waals surface area (Å²) in [4.78, 5) is 0. The Hall–Kier alpha value is 0.280. The van der Waals surface area contributed by atoms with E-state index in [9.17, 15) is 0 Å². The molecular formula is C10H17NS3. The summed E-state index contributed by atoms with van der Waals surface area (Å²) in [6.07, 6.45) is 6.54. The summed E-state index contributed by atoms with van der Waals surface area (Å²) in [6.45, 7) is 2.22. The number of thiocarbonyl (C=S) groups is 1. The standard InChI is InChI=1S/C10H17NS3/c1-2-3-4-5-6-8-13-10(12)14-9-7-11/h2-6,8-9H2,1H3. The van der Waals surface area contributed by atoms with E-state index in [1.807, 2.05) is 0 Å². The molecule has 0 aromatic heterocycles. The Labute approximate surface area is 101 Å². The minimum absolute atomic E-state index is 0.488. The highest BCUT2D eigenvalue weighted by Crippen LogP contribution is 2.18. The van der Waals surface area contributed by atoms with E-state index in [1.165, 1.54) is 43.9 Å². The average Bonchev–Trinajstić information content (AvgIpc) is 2.20. The van der Waals surface area contributed by atoms with Crippen molar-refractivity contribution in [1.82, 2.24) is 0 Å². The van der Waals surface area contributed by atoms with E-state index < -0.39 is 0 Å². The van der Waals surface area contributed by atoms with Crippen LogP contribution < -0.4 is 0 Å². The maximum atomic E-state index is 8.34. The fourth-order valence-corrected chi connectivity index (χ4v) is 2.88. The summed E-state index contributed by atoms with van der Waals surface area (Å²) >= 11 is 8.29. The summed E-state index contributed by atoms with van der Waals surface area (Å²) in [7, 11) is 0. The topological polar surface area (TPSA) is 23.8 Å². The highest BCUT2D eigenvalue weighted by Gasteiger charge is 1.97. The highest BCUT2D eigenvalue weighted by molar-refractivity contribution is 8.47. The molecule has 80 valence electrons. The monoisotopic (exact) mass is 247 g/mol. The molecule has 0 atom stereocenters. The number of hydrogen-bond acceptors (Lipinski definition) is 4. The van der Waals surface area contributed by atoms with Gasteiger partial charge in [-0.2, -0.15) is 5.26 Å². The number of thioether (sulfide) groups is 2. The van der Waals surface area contributed by atoms with Gasteiger partial charge >= 0.3 is 0 Å². The third-order valence-electron chi connectivity index (χ3n) is 1.72. The van der Waals surface area contributed by atoms with Crippen LogP contribution in [0.3, 0.4) is 0 Å². The summed E-state index contributed by atoms with van der Waals surface area (Å²) in [6, 6.07) is 2.08. The predicted octanol–water partition coefficient (Wildman–Crippen LogP) is 4.23. The van der Waals surface area contributed by atoms with Crippen molar-refractivity contribution in [2.24, 2.45) is 0 Å². The zero-order valence-corrected chi connectivity index (χ0v) is 11.1. The van der Waals surface area contributed by atoms with Crippen molar-refractivity contribution in [2.75, 3.05) is 11.5 Å². The molecule has 0 saturated heterocycles. The van der Waals surface area contributed by atoms with Gasteiger partial charge in [0.15, 0.2) is 0 Å². The normalized spacial score (nSPS) is 9.71. The summed E-state index contributed by atoms with van der Waals surface area (Å²) in [5, 5.41) is 8.34. The molecule has 0 aliphatic heterocycles. The molecule has 0 aliphatic rings. The predicted molar refractivity (Wildman–Crippen MR) is 71.9 cm³/mol. The molecule has 14 heavy (non-hydrogen) atoms. The Kier molecular flexibility index (Phi) is 11.6. The first-order valence-corrected chi connectivity index (χ1v) is 7.35. The van der Waals surface area contributed by atoms with Crippen LogP contribution in [0.4, 0.5) is 0 Å². The Morgan fingerprint density at radius 1 is 1.21 bits per heavy atom. The van der Waals surface area contributed by atoms with Gasteiger partial charge in [-0.15, -0.1) is 11.8 Å². The van der Waals surface area contributed by atoms with Gasteiger partial charge in [0.05, 0.1) is 11.8 Å². The molecule has 0 unspecified atom stereocenters. The Bertz CT molecular complexity index is 186. The van der Waals surface area contributed by atoms with Gasteiger partial charge in [-0.05, 0) is 12.2 Å². The van der Waals surface area contributed by atoms with Crippen LogP contribution in [0.15, 0.2) is 0 Å². The fraction of sp³-hybridized carbons (Fsp3) is 0.800. The lowest BCUT2D eigenvalue weighted by atomic mass is 10.2. The second-order valence-corrected chi connectivity index (χ2v) is 6.23. The van der Waals surface area contributed by atoms with E-state index in [0.717, 1.165) is 9.28 Å². The molecule has 0 aliphatic carbocycles. The number of unbranched alkanes of at least 4 members (excludes halogenated alkanes) is 4. The van der Waals surface area contributed by atoms with E-state index in [0.29, 0.717) is 5.75 Å². The van der Waals surface area contributed by atoms with E-state index in [-0.39, 0.29) is 0 Å². The molecule has 0 heterocycles. The lowest BCUT2D eigenvalue weighted by molar-refractivity contribution is 0.660. The average molecular weight is 247 g/mol. The van der Waals surface area contributed by atoms with Gasteiger partial charge in [0.1, 0.15) is 3.53 Å². The molecular weight excluding hydrogens is 230 g/mol. The molecule has 1 nitrogen and oxygen atoms in total. The van der Waals surface area contributed by atoms with Gasteiger partial charge in [-0.25, -0.2) is 0 Å². The van der Waals surface area contributed by atoms with Gasteiger partial charge < -0.3 is 0 Å². The molecule has 0 fully saturated rings. The largest absolute Gasteiger partial charge is 0.197 e. The zero-order chi connectivity index (χ0) is 10.6. The molecule has 4 heteroatoms. The number of nitriles is 1. The quantitative estimate of drug-likeness (QED) is 0.496. The minimum atomic E-state index is 0.488. The summed E-state index contributed by atoms with van der Waals surface area (Å²) < 4.78 is 0.919. The molecule has 0 N–H and O–H groups in total. The third kappa shape index (κ3) is 10.4. The fourth-order valence-electron chi connectivity index (χ4n) is 0.994. The van der Waals surface area contributed by atoms with Crippen LogP contribution in [-0.4, -0.2) is 15.0 Å².